The van der Waals surface area contributed by atoms with E-state index in [9.17, 15) is 9.59 Å². The van der Waals surface area contributed by atoms with E-state index in [0.29, 0.717) is 44.8 Å². The van der Waals surface area contributed by atoms with Crippen molar-refractivity contribution in [1.29, 1.82) is 0 Å². The Morgan fingerprint density at radius 1 is 1.41 bits per heavy atom. The molecule has 1 spiro atoms. The van der Waals surface area contributed by atoms with Gasteiger partial charge < -0.3 is 19.7 Å². The Hall–Kier alpha value is -2.15. The van der Waals surface area contributed by atoms with Crippen LogP contribution < -0.4 is 10.1 Å². The molecule has 3 fully saturated rings. The Balaban J connectivity index is 1.40. The molecule has 3 heterocycles. The molecule has 2 aliphatic heterocycles. The second-order valence-corrected chi connectivity index (χ2v) is 8.05. The number of ether oxygens (including phenoxy) is 2. The maximum atomic E-state index is 12.8. The van der Waals surface area contributed by atoms with Crippen LogP contribution in [0.1, 0.15) is 32.1 Å². The summed E-state index contributed by atoms with van der Waals surface area (Å²) in [4.78, 5) is 31.4. The Morgan fingerprint density at radius 3 is 2.93 bits per heavy atom. The lowest BCUT2D eigenvalue weighted by Gasteiger charge is -2.40. The first kappa shape index (κ1) is 18.2. The molecule has 7 nitrogen and oxygen atoms in total. The van der Waals surface area contributed by atoms with Crippen LogP contribution in [0.5, 0.6) is 5.75 Å². The predicted molar refractivity (Wildman–Crippen MR) is 98.1 cm³/mol. The molecule has 0 unspecified atom stereocenters. The summed E-state index contributed by atoms with van der Waals surface area (Å²) in [6, 6.07) is 3.68. The highest BCUT2D eigenvalue weighted by atomic mass is 16.5. The van der Waals surface area contributed by atoms with Gasteiger partial charge in [0.05, 0.1) is 30.2 Å². The molecule has 3 aliphatic rings. The lowest BCUT2D eigenvalue weighted by Crippen LogP contribution is -2.46. The van der Waals surface area contributed by atoms with Crippen LogP contribution in [0.3, 0.4) is 0 Å². The van der Waals surface area contributed by atoms with Crippen molar-refractivity contribution in [2.45, 2.75) is 37.7 Å². The zero-order valence-electron chi connectivity index (χ0n) is 15.8. The average molecular weight is 373 g/mol. The molecule has 0 aromatic carbocycles. The van der Waals surface area contributed by atoms with Gasteiger partial charge in [-0.2, -0.15) is 0 Å². The molecule has 2 amide bonds. The van der Waals surface area contributed by atoms with Gasteiger partial charge in [-0.15, -0.1) is 0 Å². The van der Waals surface area contributed by atoms with E-state index < -0.39 is 5.41 Å². The standard InChI is InChI=1S/C20H27N3O4/c1-26-19(5-3-6-19)10-17(24)23-9-7-20(14-23)15(11-22-18(20)25)13-27-16-4-2-8-21-12-16/h2,4,8,12,15H,3,5-7,9-11,13-14H2,1H3,(H,22,25)/t15-,20-/m1/s1. The fourth-order valence-electron chi connectivity index (χ4n) is 4.60. The van der Waals surface area contributed by atoms with Crippen molar-refractivity contribution in [1.82, 2.24) is 15.2 Å². The van der Waals surface area contributed by atoms with E-state index in [1.807, 2.05) is 17.0 Å². The number of rotatable bonds is 6. The molecular formula is C20H27N3O4. The quantitative estimate of drug-likeness (QED) is 0.815. The molecule has 1 aliphatic carbocycles. The minimum atomic E-state index is -0.544. The van der Waals surface area contributed by atoms with Crippen LogP contribution >= 0.6 is 0 Å². The van der Waals surface area contributed by atoms with Crippen molar-refractivity contribution >= 4 is 11.8 Å². The molecule has 2 atom stereocenters. The molecule has 2 saturated heterocycles. The number of likely N-dealkylation sites (tertiary alicyclic amines) is 1. The number of hydrogen-bond acceptors (Lipinski definition) is 5. The zero-order valence-corrected chi connectivity index (χ0v) is 15.8. The van der Waals surface area contributed by atoms with Crippen LogP contribution in [0.25, 0.3) is 0 Å². The Labute approximate surface area is 159 Å². The molecule has 146 valence electrons. The van der Waals surface area contributed by atoms with Crippen LogP contribution in [-0.2, 0) is 14.3 Å². The van der Waals surface area contributed by atoms with Crippen molar-refractivity contribution in [2.75, 3.05) is 33.4 Å². The van der Waals surface area contributed by atoms with Crippen molar-refractivity contribution in [2.24, 2.45) is 11.3 Å². The largest absolute Gasteiger partial charge is 0.492 e. The number of carbonyl (C=O) groups is 2. The normalized spacial score (nSPS) is 28.9. The SMILES string of the molecule is COC1(CC(=O)N2CC[C@]3(C2)C(=O)NC[C@@H]3COc2cccnc2)CCC1. The Kier molecular flexibility index (Phi) is 4.80. The number of hydrogen-bond donors (Lipinski definition) is 1. The van der Waals surface area contributed by atoms with Gasteiger partial charge in [0.1, 0.15) is 5.75 Å². The number of aromatic nitrogens is 1. The summed E-state index contributed by atoms with van der Waals surface area (Å²) in [5.41, 5.74) is -0.828. The van der Waals surface area contributed by atoms with Crippen LogP contribution in [0.4, 0.5) is 0 Å². The second kappa shape index (κ2) is 7.11. The Bertz CT molecular complexity index is 701. The van der Waals surface area contributed by atoms with E-state index in [4.69, 9.17) is 9.47 Å². The smallest absolute Gasteiger partial charge is 0.228 e. The van der Waals surface area contributed by atoms with Gasteiger partial charge in [-0.1, -0.05) is 0 Å². The topological polar surface area (TPSA) is 80.8 Å². The number of methoxy groups -OCH3 is 1. The fraction of sp³-hybridized carbons (Fsp3) is 0.650. The van der Waals surface area contributed by atoms with Gasteiger partial charge in [0, 0.05) is 38.9 Å². The van der Waals surface area contributed by atoms with Gasteiger partial charge in [-0.3, -0.25) is 14.6 Å². The van der Waals surface area contributed by atoms with Crippen molar-refractivity contribution in [3.63, 3.8) is 0 Å². The monoisotopic (exact) mass is 373 g/mol. The summed E-state index contributed by atoms with van der Waals surface area (Å²) in [6.45, 7) is 2.12. The summed E-state index contributed by atoms with van der Waals surface area (Å²) < 4.78 is 11.5. The van der Waals surface area contributed by atoms with Gasteiger partial charge in [0.25, 0.3) is 0 Å². The summed E-state index contributed by atoms with van der Waals surface area (Å²) in [6.07, 6.45) is 7.46. The number of pyridine rings is 1. The number of carbonyl (C=O) groups excluding carboxylic acids is 2. The molecule has 1 N–H and O–H groups in total. The fourth-order valence-corrected chi connectivity index (χ4v) is 4.60. The third-order valence-electron chi connectivity index (χ3n) is 6.65. The van der Waals surface area contributed by atoms with E-state index in [-0.39, 0.29) is 23.3 Å². The van der Waals surface area contributed by atoms with E-state index >= 15 is 0 Å². The van der Waals surface area contributed by atoms with E-state index in [2.05, 4.69) is 10.3 Å². The van der Waals surface area contributed by atoms with E-state index in [0.717, 1.165) is 19.3 Å². The summed E-state index contributed by atoms with van der Waals surface area (Å²) in [7, 11) is 1.69. The van der Waals surface area contributed by atoms with E-state index in [1.165, 1.54) is 0 Å². The molecule has 0 bridgehead atoms. The van der Waals surface area contributed by atoms with Gasteiger partial charge in [-0.25, -0.2) is 0 Å². The molecule has 1 aromatic rings. The van der Waals surface area contributed by atoms with Crippen LogP contribution in [0.2, 0.25) is 0 Å². The second-order valence-electron chi connectivity index (χ2n) is 8.05. The lowest BCUT2D eigenvalue weighted by molar-refractivity contribution is -0.144. The van der Waals surface area contributed by atoms with Crippen LogP contribution in [-0.4, -0.2) is 60.7 Å². The molecule has 1 saturated carbocycles. The highest BCUT2D eigenvalue weighted by Gasteiger charge is 2.55. The van der Waals surface area contributed by atoms with Crippen molar-refractivity contribution in [3.05, 3.63) is 24.5 Å². The highest BCUT2D eigenvalue weighted by molar-refractivity contribution is 5.87. The van der Waals surface area contributed by atoms with Gasteiger partial charge in [-0.05, 0) is 37.8 Å². The number of amides is 2. The van der Waals surface area contributed by atoms with Crippen LogP contribution in [0, 0.1) is 11.3 Å². The maximum Gasteiger partial charge on any atom is 0.228 e. The van der Waals surface area contributed by atoms with Crippen molar-refractivity contribution < 1.29 is 19.1 Å². The first-order valence-electron chi connectivity index (χ1n) is 9.71. The third-order valence-corrected chi connectivity index (χ3v) is 6.65. The van der Waals surface area contributed by atoms with Crippen molar-refractivity contribution in [3.8, 4) is 5.75 Å². The zero-order chi connectivity index (χ0) is 18.9. The summed E-state index contributed by atoms with van der Waals surface area (Å²) in [5, 5.41) is 2.98. The summed E-state index contributed by atoms with van der Waals surface area (Å²) in [5.74, 6) is 0.885. The lowest BCUT2D eigenvalue weighted by atomic mass is 9.76. The molecule has 7 heteroatoms. The summed E-state index contributed by atoms with van der Waals surface area (Å²) >= 11 is 0. The average Bonchev–Trinajstić information content (AvgIpc) is 3.23. The van der Waals surface area contributed by atoms with Gasteiger partial charge in [0.2, 0.25) is 11.8 Å². The number of nitrogens with one attached hydrogen (secondary N) is 1. The Morgan fingerprint density at radius 2 is 2.26 bits per heavy atom. The minimum absolute atomic E-state index is 0.0442. The van der Waals surface area contributed by atoms with E-state index in [1.54, 1.807) is 19.5 Å². The predicted octanol–water partition coefficient (Wildman–Crippen LogP) is 1.38. The maximum absolute atomic E-state index is 12.8. The molecule has 4 rings (SSSR count). The first-order chi connectivity index (χ1) is 13.1. The van der Waals surface area contributed by atoms with Crippen LogP contribution in [0.15, 0.2) is 24.5 Å². The molecule has 0 radical (unpaired) electrons. The number of nitrogens with zero attached hydrogens (tertiary/aromatic N) is 2. The third kappa shape index (κ3) is 3.29. The molecule has 1 aromatic heterocycles. The minimum Gasteiger partial charge on any atom is -0.492 e. The first-order valence-corrected chi connectivity index (χ1v) is 9.71. The molecular weight excluding hydrogens is 346 g/mol. The van der Waals surface area contributed by atoms with Gasteiger partial charge in [0.15, 0.2) is 0 Å². The highest BCUT2D eigenvalue weighted by Crippen LogP contribution is 2.43. The van der Waals surface area contributed by atoms with Gasteiger partial charge >= 0.3 is 0 Å². The molecule has 27 heavy (non-hydrogen) atoms.